The van der Waals surface area contributed by atoms with Crippen molar-refractivity contribution in [2.75, 3.05) is 0 Å². The standard InChI is InChI=1S/2C17H9F6.C6H9.CH3.Hf/c2*18-16(19,20)12-7-11(8-13(9-12)17(21,22)23)15-6-2-4-10-3-1-5-14(10)15;1-6-4-2-3-5-6;;/h2*1-9H;1H,2-5H2;1H3;/q4*-1;+4. The van der Waals surface area contributed by atoms with Crippen LogP contribution < -0.4 is 0 Å². The molecular formula is C41H30F12Hf. The molecule has 0 amide bonds. The number of benzene rings is 4. The molecule has 0 aliphatic heterocycles. The molecule has 0 atom stereocenters. The van der Waals surface area contributed by atoms with Gasteiger partial charge in [-0.25, -0.2) is 0 Å². The number of alkyl halides is 12. The van der Waals surface area contributed by atoms with Gasteiger partial charge in [-0.3, -0.25) is 5.57 Å². The first-order valence-corrected chi connectivity index (χ1v) is 15.7. The van der Waals surface area contributed by atoms with Crippen LogP contribution in [-0.4, -0.2) is 0 Å². The van der Waals surface area contributed by atoms with Gasteiger partial charge in [0, 0.05) is 0 Å². The van der Waals surface area contributed by atoms with Crippen LogP contribution in [0.15, 0.2) is 115 Å². The molecule has 6 aromatic rings. The smallest absolute Gasteiger partial charge is 0.514 e. The summed E-state index contributed by atoms with van der Waals surface area (Å²) in [6, 6.07) is 23.2. The molecule has 1 saturated carbocycles. The number of rotatable bonds is 2. The summed E-state index contributed by atoms with van der Waals surface area (Å²) in [5.41, 5.74) is -3.59. The third-order valence-electron chi connectivity index (χ3n) is 8.40. The summed E-state index contributed by atoms with van der Waals surface area (Å²) in [5.74, 6) is 0. The molecule has 0 unspecified atom stereocenters. The predicted molar refractivity (Wildman–Crippen MR) is 183 cm³/mol. The van der Waals surface area contributed by atoms with Crippen molar-refractivity contribution >= 4 is 21.5 Å². The number of fused-ring (bicyclic) bond motifs is 2. The number of hydrogen-bond acceptors (Lipinski definition) is 0. The summed E-state index contributed by atoms with van der Waals surface area (Å²) in [6.45, 7) is 5.45. The average molecular weight is 929 g/mol. The van der Waals surface area contributed by atoms with Gasteiger partial charge in [0.2, 0.25) is 0 Å². The molecule has 0 heterocycles. The molecule has 0 bridgehead atoms. The SMILES string of the molecule is FC(F)(F)c1cc(-c2cccc3[cH-]ccc23)cc(C(F)(F)F)c1.FC(F)(F)c1cc(-c2cccc3[cH-]ccc23)cc(C(F)(F)F)c1.[CH-]=C1CCCC1.[CH3-].[Hf+4]. The topological polar surface area (TPSA) is 0 Å². The summed E-state index contributed by atoms with van der Waals surface area (Å²) >= 11 is 0. The Balaban J connectivity index is 0.000000243. The normalized spacial score (nSPS) is 13.4. The molecule has 1 aliphatic carbocycles. The van der Waals surface area contributed by atoms with Gasteiger partial charge in [-0.05, 0) is 47.5 Å². The van der Waals surface area contributed by atoms with E-state index in [4.69, 9.17) is 6.58 Å². The monoisotopic (exact) mass is 930 g/mol. The molecule has 0 saturated heterocycles. The Morgan fingerprint density at radius 1 is 0.463 bits per heavy atom. The van der Waals surface area contributed by atoms with Gasteiger partial charge in [0.1, 0.15) is 0 Å². The summed E-state index contributed by atoms with van der Waals surface area (Å²) < 4.78 is 155. The van der Waals surface area contributed by atoms with E-state index in [1.54, 1.807) is 60.7 Å². The van der Waals surface area contributed by atoms with E-state index in [-0.39, 0.29) is 56.5 Å². The molecule has 0 N–H and O–H groups in total. The molecule has 0 radical (unpaired) electrons. The minimum Gasteiger partial charge on any atom is -0.514 e. The molecule has 6 aromatic carbocycles. The fourth-order valence-electron chi connectivity index (χ4n) is 5.88. The minimum absolute atomic E-state index is 0. The summed E-state index contributed by atoms with van der Waals surface area (Å²) in [6.07, 6.45) is -14.4. The summed E-state index contributed by atoms with van der Waals surface area (Å²) in [7, 11) is 0. The maximum absolute atomic E-state index is 12.9. The van der Waals surface area contributed by atoms with E-state index in [0.717, 1.165) is 35.0 Å². The Bertz CT molecular complexity index is 1960. The van der Waals surface area contributed by atoms with Gasteiger partial charge in [-0.1, -0.05) is 48.9 Å². The van der Waals surface area contributed by atoms with Gasteiger partial charge in [0.25, 0.3) is 0 Å². The maximum Gasteiger partial charge on any atom is 4.00 e. The van der Waals surface area contributed by atoms with Crippen LogP contribution in [0.25, 0.3) is 43.8 Å². The first-order valence-electron chi connectivity index (χ1n) is 15.7. The van der Waals surface area contributed by atoms with Gasteiger partial charge in [-0.15, -0.1) is 57.9 Å². The van der Waals surface area contributed by atoms with Crippen molar-refractivity contribution in [2.24, 2.45) is 0 Å². The molecule has 13 heteroatoms. The zero-order valence-corrected chi connectivity index (χ0v) is 31.9. The fourth-order valence-corrected chi connectivity index (χ4v) is 5.88. The van der Waals surface area contributed by atoms with E-state index in [2.05, 4.69) is 0 Å². The van der Waals surface area contributed by atoms with Gasteiger partial charge in [0.05, 0.1) is 22.3 Å². The van der Waals surface area contributed by atoms with Crippen LogP contribution in [0.5, 0.6) is 0 Å². The Morgan fingerprint density at radius 3 is 1.04 bits per heavy atom. The second-order valence-electron chi connectivity index (χ2n) is 12.1. The molecule has 1 fully saturated rings. The molecule has 282 valence electrons. The van der Waals surface area contributed by atoms with Gasteiger partial charge in [0.15, 0.2) is 0 Å². The van der Waals surface area contributed by atoms with Crippen molar-refractivity contribution in [3.63, 3.8) is 0 Å². The largest absolute Gasteiger partial charge is 4.00 e. The van der Waals surface area contributed by atoms with E-state index in [1.165, 1.54) is 43.4 Å². The Kier molecular flexibility index (Phi) is 14.0. The summed E-state index contributed by atoms with van der Waals surface area (Å²) in [4.78, 5) is 0. The zero-order valence-electron chi connectivity index (χ0n) is 28.3. The Morgan fingerprint density at radius 2 is 0.778 bits per heavy atom. The van der Waals surface area contributed by atoms with E-state index in [9.17, 15) is 52.7 Å². The van der Waals surface area contributed by atoms with E-state index >= 15 is 0 Å². The molecule has 1 aliphatic rings. The van der Waals surface area contributed by atoms with Crippen LogP contribution in [0, 0.1) is 14.0 Å². The van der Waals surface area contributed by atoms with Crippen molar-refractivity contribution in [3.8, 4) is 22.3 Å². The Labute approximate surface area is 322 Å². The van der Waals surface area contributed by atoms with E-state index < -0.39 is 47.0 Å². The number of halogens is 12. The van der Waals surface area contributed by atoms with Crippen LogP contribution in [0.1, 0.15) is 47.9 Å². The first-order chi connectivity index (χ1) is 24.2. The fraction of sp³-hybridized carbons (Fsp3) is 0.195. The average Bonchev–Trinajstić information content (AvgIpc) is 3.85. The van der Waals surface area contributed by atoms with Crippen LogP contribution in [-0.2, 0) is 50.5 Å². The second kappa shape index (κ2) is 17.1. The van der Waals surface area contributed by atoms with Crippen LogP contribution in [0.4, 0.5) is 52.7 Å². The number of hydrogen-bond donors (Lipinski definition) is 0. The zero-order chi connectivity index (χ0) is 38.1. The maximum atomic E-state index is 12.9. The van der Waals surface area contributed by atoms with Crippen molar-refractivity contribution in [1.82, 2.24) is 0 Å². The first kappa shape index (κ1) is 44.3. The molecule has 0 nitrogen and oxygen atoms in total. The van der Waals surface area contributed by atoms with Crippen molar-refractivity contribution in [2.45, 2.75) is 50.4 Å². The second-order valence-corrected chi connectivity index (χ2v) is 12.1. The molecule has 7 rings (SSSR count). The predicted octanol–water partition coefficient (Wildman–Crippen LogP) is 14.9. The van der Waals surface area contributed by atoms with Crippen molar-refractivity contribution in [3.05, 3.63) is 151 Å². The van der Waals surface area contributed by atoms with Crippen LogP contribution in [0.2, 0.25) is 0 Å². The minimum atomic E-state index is -4.85. The molecule has 0 spiro atoms. The van der Waals surface area contributed by atoms with Crippen molar-refractivity contribution < 1.29 is 78.5 Å². The third kappa shape index (κ3) is 10.8. The van der Waals surface area contributed by atoms with Gasteiger partial charge < -0.3 is 14.0 Å². The van der Waals surface area contributed by atoms with E-state index in [0.29, 0.717) is 21.9 Å². The van der Waals surface area contributed by atoms with Crippen LogP contribution >= 0.6 is 0 Å². The van der Waals surface area contributed by atoms with E-state index in [1.807, 2.05) is 0 Å². The van der Waals surface area contributed by atoms with Gasteiger partial charge >= 0.3 is 50.5 Å². The van der Waals surface area contributed by atoms with Crippen molar-refractivity contribution in [1.29, 1.82) is 0 Å². The third-order valence-corrected chi connectivity index (χ3v) is 8.40. The molecule has 54 heavy (non-hydrogen) atoms. The van der Waals surface area contributed by atoms with Gasteiger partial charge in [-0.2, -0.15) is 77.0 Å². The molecular weight excluding hydrogens is 899 g/mol. The number of allylic oxidation sites excluding steroid dienone is 1. The van der Waals surface area contributed by atoms with Crippen LogP contribution in [0.3, 0.4) is 0 Å². The molecule has 0 aromatic heterocycles. The quantitative estimate of drug-likeness (QED) is 0.0922. The Hall–Kier alpha value is -4.13. The summed E-state index contributed by atoms with van der Waals surface area (Å²) in [5, 5.41) is 2.74.